The van der Waals surface area contributed by atoms with E-state index >= 15 is 0 Å². The molecule has 0 unspecified atom stereocenters. The smallest absolute Gasteiger partial charge is 0.268 e. The number of amides is 1. The third-order valence-corrected chi connectivity index (χ3v) is 6.35. The number of carbonyl (C=O) groups excluding carboxylic acids is 1. The SMILES string of the molecule is CCn1c(SCC(=O)NC[C@@H]2CCCO2)nc2c(c1=O)S[C@@H](C)C2. The fraction of sp³-hybridized carbons (Fsp3) is 0.688. The van der Waals surface area contributed by atoms with E-state index in [1.165, 1.54) is 11.8 Å². The highest BCUT2D eigenvalue weighted by molar-refractivity contribution is 8.00. The zero-order valence-electron chi connectivity index (χ0n) is 14.0. The van der Waals surface area contributed by atoms with Gasteiger partial charge in [-0.1, -0.05) is 18.7 Å². The Morgan fingerprint density at radius 1 is 1.54 bits per heavy atom. The van der Waals surface area contributed by atoms with Crippen molar-refractivity contribution < 1.29 is 9.53 Å². The minimum Gasteiger partial charge on any atom is -0.376 e. The average Bonchev–Trinajstić information content (AvgIpc) is 3.20. The summed E-state index contributed by atoms with van der Waals surface area (Å²) in [6.45, 7) is 5.95. The van der Waals surface area contributed by atoms with Gasteiger partial charge in [0.25, 0.3) is 5.56 Å². The van der Waals surface area contributed by atoms with Crippen molar-refractivity contribution in [2.75, 3.05) is 18.9 Å². The van der Waals surface area contributed by atoms with Gasteiger partial charge >= 0.3 is 0 Å². The maximum atomic E-state index is 12.6. The maximum Gasteiger partial charge on any atom is 0.268 e. The number of thioether (sulfide) groups is 2. The Morgan fingerprint density at radius 2 is 2.38 bits per heavy atom. The first-order chi connectivity index (χ1) is 11.6. The minimum absolute atomic E-state index is 0.0270. The van der Waals surface area contributed by atoms with E-state index in [4.69, 9.17) is 4.74 Å². The monoisotopic (exact) mass is 369 g/mol. The molecule has 2 atom stereocenters. The van der Waals surface area contributed by atoms with Crippen LogP contribution in [0.3, 0.4) is 0 Å². The lowest BCUT2D eigenvalue weighted by Gasteiger charge is -2.13. The lowest BCUT2D eigenvalue weighted by molar-refractivity contribution is -0.119. The van der Waals surface area contributed by atoms with E-state index in [1.807, 2.05) is 6.92 Å². The molecule has 2 aliphatic heterocycles. The minimum atomic E-state index is -0.0457. The molecule has 8 heteroatoms. The maximum absolute atomic E-state index is 12.6. The van der Waals surface area contributed by atoms with E-state index in [1.54, 1.807) is 16.3 Å². The summed E-state index contributed by atoms with van der Waals surface area (Å²) in [6.07, 6.45) is 3.03. The fourth-order valence-electron chi connectivity index (χ4n) is 2.93. The van der Waals surface area contributed by atoms with Crippen molar-refractivity contribution in [1.29, 1.82) is 0 Å². The van der Waals surface area contributed by atoms with Crippen LogP contribution in [0.15, 0.2) is 14.8 Å². The van der Waals surface area contributed by atoms with Gasteiger partial charge in [-0.3, -0.25) is 14.2 Å². The summed E-state index contributed by atoms with van der Waals surface area (Å²) in [5.41, 5.74) is 0.906. The molecular formula is C16H23N3O3S2. The van der Waals surface area contributed by atoms with Gasteiger partial charge in [0.05, 0.1) is 22.4 Å². The Bertz CT molecular complexity index is 671. The van der Waals surface area contributed by atoms with Crippen LogP contribution in [-0.4, -0.2) is 45.7 Å². The number of hydrogen-bond donors (Lipinski definition) is 1. The molecule has 0 bridgehead atoms. The first-order valence-corrected chi connectivity index (χ1v) is 10.3. The molecule has 0 aromatic carbocycles. The molecule has 0 spiro atoms. The number of hydrogen-bond acceptors (Lipinski definition) is 6. The van der Waals surface area contributed by atoms with E-state index in [2.05, 4.69) is 17.2 Å². The number of rotatable bonds is 6. The fourth-order valence-corrected chi connectivity index (χ4v) is 4.96. The molecule has 2 aliphatic rings. The molecular weight excluding hydrogens is 346 g/mol. The number of nitrogens with zero attached hydrogens (tertiary/aromatic N) is 2. The third-order valence-electron chi connectivity index (χ3n) is 4.16. The molecule has 0 aliphatic carbocycles. The second-order valence-corrected chi connectivity index (χ2v) is 8.47. The van der Waals surface area contributed by atoms with E-state index in [9.17, 15) is 9.59 Å². The van der Waals surface area contributed by atoms with Gasteiger partial charge in [-0.05, 0) is 19.8 Å². The van der Waals surface area contributed by atoms with E-state index in [0.717, 1.165) is 36.5 Å². The summed E-state index contributed by atoms with van der Waals surface area (Å²) in [5, 5.41) is 3.93. The quantitative estimate of drug-likeness (QED) is 0.608. The van der Waals surface area contributed by atoms with Crippen molar-refractivity contribution in [1.82, 2.24) is 14.9 Å². The Kier molecular flexibility index (Phi) is 5.89. The Morgan fingerprint density at radius 3 is 3.08 bits per heavy atom. The molecule has 3 heterocycles. The molecule has 3 rings (SSSR count). The Balaban J connectivity index is 1.62. The van der Waals surface area contributed by atoms with Crippen molar-refractivity contribution in [2.45, 2.75) is 61.1 Å². The zero-order chi connectivity index (χ0) is 17.1. The van der Waals surface area contributed by atoms with Gasteiger partial charge < -0.3 is 10.1 Å². The number of carbonyl (C=O) groups is 1. The van der Waals surface area contributed by atoms with Crippen molar-refractivity contribution in [2.24, 2.45) is 0 Å². The van der Waals surface area contributed by atoms with Crippen molar-refractivity contribution >= 4 is 29.4 Å². The second kappa shape index (κ2) is 7.93. The summed E-state index contributed by atoms with van der Waals surface area (Å²) >= 11 is 2.94. The largest absolute Gasteiger partial charge is 0.376 e. The van der Waals surface area contributed by atoms with E-state index < -0.39 is 0 Å². The summed E-state index contributed by atoms with van der Waals surface area (Å²) in [7, 11) is 0. The first kappa shape index (κ1) is 17.8. The van der Waals surface area contributed by atoms with Gasteiger partial charge in [-0.15, -0.1) is 11.8 Å². The molecule has 6 nitrogen and oxygen atoms in total. The molecule has 1 saturated heterocycles. The number of aromatic nitrogens is 2. The lowest BCUT2D eigenvalue weighted by Crippen LogP contribution is -2.33. The molecule has 1 fully saturated rings. The standard InChI is InChI=1S/C16H23N3O3S2/c1-3-19-15(21)14-12(7-10(2)24-14)18-16(19)23-9-13(20)17-8-11-5-4-6-22-11/h10-11H,3-9H2,1-2H3,(H,17,20)/t10-,11-/m0/s1. The summed E-state index contributed by atoms with van der Waals surface area (Å²) < 4.78 is 7.17. The van der Waals surface area contributed by atoms with Gasteiger partial charge in [0.1, 0.15) is 0 Å². The molecule has 1 aromatic rings. The summed E-state index contributed by atoms with van der Waals surface area (Å²) in [5.74, 6) is 0.219. The third kappa shape index (κ3) is 3.97. The Labute approximate surface area is 150 Å². The van der Waals surface area contributed by atoms with Crippen LogP contribution in [0.4, 0.5) is 0 Å². The van der Waals surface area contributed by atoms with Gasteiger partial charge in [0.15, 0.2) is 5.16 Å². The number of nitrogens with one attached hydrogen (secondary N) is 1. The molecule has 0 saturated carbocycles. The highest BCUT2D eigenvalue weighted by atomic mass is 32.2. The van der Waals surface area contributed by atoms with Gasteiger partial charge in [-0.25, -0.2) is 4.98 Å². The predicted molar refractivity (Wildman–Crippen MR) is 95.9 cm³/mol. The van der Waals surface area contributed by atoms with Crippen LogP contribution in [0.1, 0.15) is 32.4 Å². The number of fused-ring (bicyclic) bond motifs is 1. The molecule has 1 amide bonds. The van der Waals surface area contributed by atoms with Crippen LogP contribution in [0, 0.1) is 0 Å². The normalized spacial score (nSPS) is 22.6. The van der Waals surface area contributed by atoms with Crippen LogP contribution in [0.25, 0.3) is 0 Å². The average molecular weight is 370 g/mol. The van der Waals surface area contributed by atoms with Crippen LogP contribution < -0.4 is 10.9 Å². The lowest BCUT2D eigenvalue weighted by atomic mass is 10.2. The highest BCUT2D eigenvalue weighted by Gasteiger charge is 2.26. The van der Waals surface area contributed by atoms with Gasteiger partial charge in [0, 0.05) is 31.4 Å². The molecule has 1 aromatic heterocycles. The van der Waals surface area contributed by atoms with Crippen LogP contribution in [-0.2, 0) is 22.5 Å². The summed E-state index contributed by atoms with van der Waals surface area (Å²) in [6, 6.07) is 0. The van der Waals surface area contributed by atoms with Gasteiger partial charge in [-0.2, -0.15) is 0 Å². The molecule has 0 radical (unpaired) electrons. The van der Waals surface area contributed by atoms with Crippen molar-refractivity contribution in [3.63, 3.8) is 0 Å². The Hall–Kier alpha value is -0.990. The van der Waals surface area contributed by atoms with Crippen molar-refractivity contribution in [3.8, 4) is 0 Å². The predicted octanol–water partition coefficient (Wildman–Crippen LogP) is 1.69. The van der Waals surface area contributed by atoms with Gasteiger partial charge in [0.2, 0.25) is 5.91 Å². The van der Waals surface area contributed by atoms with E-state index in [0.29, 0.717) is 23.5 Å². The summed E-state index contributed by atoms with van der Waals surface area (Å²) in [4.78, 5) is 30.0. The molecule has 132 valence electrons. The molecule has 1 N–H and O–H groups in total. The van der Waals surface area contributed by atoms with Crippen LogP contribution >= 0.6 is 23.5 Å². The highest BCUT2D eigenvalue weighted by Crippen LogP contribution is 2.34. The van der Waals surface area contributed by atoms with E-state index in [-0.39, 0.29) is 23.3 Å². The van der Waals surface area contributed by atoms with Crippen LogP contribution in [0.2, 0.25) is 0 Å². The second-order valence-electron chi connectivity index (χ2n) is 6.08. The molecule has 24 heavy (non-hydrogen) atoms. The van der Waals surface area contributed by atoms with Crippen LogP contribution in [0.5, 0.6) is 0 Å². The topological polar surface area (TPSA) is 73.2 Å². The first-order valence-electron chi connectivity index (χ1n) is 8.40. The van der Waals surface area contributed by atoms with Crippen molar-refractivity contribution in [3.05, 3.63) is 16.0 Å². The number of ether oxygens (including phenoxy) is 1. The zero-order valence-corrected chi connectivity index (χ0v) is 15.7.